The molecule has 6 heteroatoms. The van der Waals surface area contributed by atoms with Gasteiger partial charge in [-0.1, -0.05) is 11.6 Å². The van der Waals surface area contributed by atoms with Crippen molar-refractivity contribution < 1.29 is 14.6 Å². The Morgan fingerprint density at radius 3 is 2.71 bits per heavy atom. The maximum Gasteiger partial charge on any atom is 0.252 e. The zero-order valence-corrected chi connectivity index (χ0v) is 13.9. The molecule has 2 N–H and O–H groups in total. The molecule has 1 aliphatic carbocycles. The summed E-state index contributed by atoms with van der Waals surface area (Å²) >= 11 is 6.19. The van der Waals surface area contributed by atoms with Crippen LogP contribution in [0.1, 0.15) is 41.3 Å². The molecular formula is C18H19ClN2O3. The van der Waals surface area contributed by atoms with Crippen LogP contribution in [-0.2, 0) is 0 Å². The average Bonchev–Trinajstić information content (AvgIpc) is 2.56. The fourth-order valence-corrected chi connectivity index (χ4v) is 2.68. The number of carbonyl (C=O) groups excluding carboxylic acids is 1. The van der Waals surface area contributed by atoms with E-state index < -0.39 is 6.10 Å². The largest absolute Gasteiger partial charge is 0.490 e. The SMILES string of the molecule is O=C(NC[C@@H](O)c1ccncc1)c1ccc(OC2CCC2)cc1Cl. The van der Waals surface area contributed by atoms with Crippen molar-refractivity contribution in [3.05, 3.63) is 58.9 Å². The fraction of sp³-hybridized carbons (Fsp3) is 0.333. The van der Waals surface area contributed by atoms with Crippen LogP contribution in [0.2, 0.25) is 5.02 Å². The summed E-state index contributed by atoms with van der Waals surface area (Å²) in [6, 6.07) is 8.46. The molecule has 3 rings (SSSR count). The van der Waals surface area contributed by atoms with Crippen LogP contribution >= 0.6 is 11.6 Å². The summed E-state index contributed by atoms with van der Waals surface area (Å²) in [6.45, 7) is 0.0967. The fourth-order valence-electron chi connectivity index (χ4n) is 2.42. The number of nitrogens with zero attached hydrogens (tertiary/aromatic N) is 1. The molecule has 1 heterocycles. The Morgan fingerprint density at radius 2 is 2.08 bits per heavy atom. The van der Waals surface area contributed by atoms with Crippen LogP contribution in [0, 0.1) is 0 Å². The van der Waals surface area contributed by atoms with Crippen LogP contribution in [0.25, 0.3) is 0 Å². The van der Waals surface area contributed by atoms with Gasteiger partial charge in [-0.3, -0.25) is 9.78 Å². The molecule has 0 bridgehead atoms. The van der Waals surface area contributed by atoms with Crippen molar-refractivity contribution in [3.8, 4) is 5.75 Å². The number of ether oxygens (including phenoxy) is 1. The highest BCUT2D eigenvalue weighted by Gasteiger charge is 2.20. The van der Waals surface area contributed by atoms with Crippen molar-refractivity contribution in [2.75, 3.05) is 6.54 Å². The summed E-state index contributed by atoms with van der Waals surface area (Å²) < 4.78 is 5.76. The predicted octanol–water partition coefficient (Wildman–Crippen LogP) is 3.13. The average molecular weight is 347 g/mol. The molecule has 0 aliphatic heterocycles. The van der Waals surface area contributed by atoms with Gasteiger partial charge in [-0.05, 0) is 55.2 Å². The van der Waals surface area contributed by atoms with Gasteiger partial charge in [0.15, 0.2) is 0 Å². The second kappa shape index (κ2) is 7.64. The minimum absolute atomic E-state index is 0.0967. The molecular weight excluding hydrogens is 328 g/mol. The Kier molecular flexibility index (Phi) is 5.33. The summed E-state index contributed by atoms with van der Waals surface area (Å²) in [7, 11) is 0. The number of hydrogen-bond donors (Lipinski definition) is 2. The Bertz CT molecular complexity index is 705. The Morgan fingerprint density at radius 1 is 1.33 bits per heavy atom. The van der Waals surface area contributed by atoms with Crippen LogP contribution in [0.4, 0.5) is 0 Å². The summed E-state index contributed by atoms with van der Waals surface area (Å²) in [5.41, 5.74) is 1.06. The number of aromatic nitrogens is 1. The zero-order chi connectivity index (χ0) is 16.9. The molecule has 0 saturated heterocycles. The first-order valence-electron chi connectivity index (χ1n) is 7.96. The first-order valence-corrected chi connectivity index (χ1v) is 8.33. The highest BCUT2D eigenvalue weighted by atomic mass is 35.5. The predicted molar refractivity (Wildman–Crippen MR) is 91.2 cm³/mol. The Hall–Kier alpha value is -2.11. The molecule has 0 radical (unpaired) electrons. The van der Waals surface area contributed by atoms with Crippen molar-refractivity contribution in [2.24, 2.45) is 0 Å². The van der Waals surface area contributed by atoms with Gasteiger partial charge in [0.1, 0.15) is 5.75 Å². The van der Waals surface area contributed by atoms with E-state index in [1.165, 1.54) is 6.42 Å². The van der Waals surface area contributed by atoms with E-state index in [2.05, 4.69) is 10.3 Å². The Balaban J connectivity index is 1.58. The number of benzene rings is 1. The molecule has 1 aromatic heterocycles. The standard InChI is InChI=1S/C18H19ClN2O3/c19-16-10-14(24-13-2-1-3-13)4-5-15(16)18(23)21-11-17(22)12-6-8-20-9-7-12/h4-10,13,17,22H,1-3,11H2,(H,21,23)/t17-/m1/s1. The molecule has 1 saturated carbocycles. The van der Waals surface area contributed by atoms with Gasteiger partial charge in [-0.2, -0.15) is 0 Å². The first kappa shape index (κ1) is 16.7. The number of amides is 1. The smallest absolute Gasteiger partial charge is 0.252 e. The van der Waals surface area contributed by atoms with Crippen molar-refractivity contribution in [1.29, 1.82) is 0 Å². The topological polar surface area (TPSA) is 71.5 Å². The lowest BCUT2D eigenvalue weighted by Gasteiger charge is -2.26. The third kappa shape index (κ3) is 4.04. The number of carbonyl (C=O) groups is 1. The maximum atomic E-state index is 12.2. The van der Waals surface area contributed by atoms with Crippen LogP contribution in [0.3, 0.4) is 0 Å². The van der Waals surface area contributed by atoms with E-state index >= 15 is 0 Å². The summed E-state index contributed by atoms with van der Waals surface area (Å²) in [5.74, 6) is 0.348. The van der Waals surface area contributed by atoms with Gasteiger partial charge in [-0.25, -0.2) is 0 Å². The molecule has 0 unspecified atom stereocenters. The lowest BCUT2D eigenvalue weighted by molar-refractivity contribution is 0.0916. The van der Waals surface area contributed by atoms with Crippen LogP contribution in [0.5, 0.6) is 5.75 Å². The molecule has 5 nitrogen and oxygen atoms in total. The van der Waals surface area contributed by atoms with Gasteiger partial charge in [0, 0.05) is 18.9 Å². The van der Waals surface area contributed by atoms with Crippen molar-refractivity contribution in [3.63, 3.8) is 0 Å². The number of aliphatic hydroxyl groups is 1. The quantitative estimate of drug-likeness (QED) is 0.843. The van der Waals surface area contributed by atoms with Crippen molar-refractivity contribution >= 4 is 17.5 Å². The summed E-state index contributed by atoms with van der Waals surface area (Å²) in [5, 5.41) is 13.1. The first-order chi connectivity index (χ1) is 11.6. The van der Waals surface area contributed by atoms with Gasteiger partial charge >= 0.3 is 0 Å². The highest BCUT2D eigenvalue weighted by molar-refractivity contribution is 6.34. The van der Waals surface area contributed by atoms with E-state index in [0.29, 0.717) is 21.9 Å². The van der Waals surface area contributed by atoms with Gasteiger partial charge in [0.05, 0.1) is 22.8 Å². The maximum absolute atomic E-state index is 12.2. The minimum atomic E-state index is -0.794. The highest BCUT2D eigenvalue weighted by Crippen LogP contribution is 2.28. The van der Waals surface area contributed by atoms with Crippen LogP contribution in [-0.4, -0.2) is 28.6 Å². The number of nitrogens with one attached hydrogen (secondary N) is 1. The summed E-state index contributed by atoms with van der Waals surface area (Å²) in [6.07, 6.45) is 5.97. The summed E-state index contributed by atoms with van der Waals surface area (Å²) in [4.78, 5) is 16.1. The van der Waals surface area contributed by atoms with E-state index in [9.17, 15) is 9.90 Å². The second-order valence-corrected chi connectivity index (χ2v) is 6.23. The van der Waals surface area contributed by atoms with Crippen molar-refractivity contribution in [2.45, 2.75) is 31.5 Å². The molecule has 1 atom stereocenters. The Labute approximate surface area is 145 Å². The third-order valence-corrected chi connectivity index (χ3v) is 4.40. The van der Waals surface area contributed by atoms with Gasteiger partial charge in [-0.15, -0.1) is 0 Å². The monoisotopic (exact) mass is 346 g/mol. The molecule has 2 aromatic rings. The molecule has 1 amide bonds. The van der Waals surface area contributed by atoms with E-state index in [-0.39, 0.29) is 18.6 Å². The number of halogens is 1. The third-order valence-electron chi connectivity index (χ3n) is 4.09. The lowest BCUT2D eigenvalue weighted by Crippen LogP contribution is -2.28. The van der Waals surface area contributed by atoms with Gasteiger partial charge < -0.3 is 15.2 Å². The van der Waals surface area contributed by atoms with E-state index in [4.69, 9.17) is 16.3 Å². The zero-order valence-electron chi connectivity index (χ0n) is 13.1. The van der Waals surface area contributed by atoms with Crippen LogP contribution < -0.4 is 10.1 Å². The second-order valence-electron chi connectivity index (χ2n) is 5.82. The van der Waals surface area contributed by atoms with Crippen molar-refractivity contribution in [1.82, 2.24) is 10.3 Å². The molecule has 0 spiro atoms. The van der Waals surface area contributed by atoms with E-state index in [1.807, 2.05) is 0 Å². The lowest BCUT2D eigenvalue weighted by atomic mass is 9.96. The molecule has 1 aliphatic rings. The van der Waals surface area contributed by atoms with E-state index in [0.717, 1.165) is 12.8 Å². The molecule has 126 valence electrons. The number of pyridine rings is 1. The molecule has 1 aromatic carbocycles. The normalized spacial score (nSPS) is 15.4. The van der Waals surface area contributed by atoms with Gasteiger partial charge in [0.2, 0.25) is 0 Å². The minimum Gasteiger partial charge on any atom is -0.490 e. The van der Waals surface area contributed by atoms with Crippen LogP contribution in [0.15, 0.2) is 42.7 Å². The molecule has 1 fully saturated rings. The number of rotatable bonds is 6. The number of aliphatic hydroxyl groups excluding tert-OH is 1. The van der Waals surface area contributed by atoms with Gasteiger partial charge in [0.25, 0.3) is 5.91 Å². The number of hydrogen-bond acceptors (Lipinski definition) is 4. The van der Waals surface area contributed by atoms with E-state index in [1.54, 1.807) is 42.7 Å². The molecule has 24 heavy (non-hydrogen) atoms.